The molecule has 9 heteroatoms. The molecule has 1 atom stereocenters. The maximum Gasteiger partial charge on any atom is 0.326 e. The van der Waals surface area contributed by atoms with Gasteiger partial charge in [-0.15, -0.1) is 0 Å². The van der Waals surface area contributed by atoms with Crippen LogP contribution in [0.5, 0.6) is 11.6 Å². The second-order valence-electron chi connectivity index (χ2n) is 6.94. The van der Waals surface area contributed by atoms with E-state index in [4.69, 9.17) is 9.47 Å². The molecular formula is C21H22FN5O3. The molecule has 0 saturated carbocycles. The molecule has 30 heavy (non-hydrogen) atoms. The van der Waals surface area contributed by atoms with Crippen molar-refractivity contribution in [1.82, 2.24) is 20.1 Å². The predicted octanol–water partition coefficient (Wildman–Crippen LogP) is 3.63. The fourth-order valence-electron chi connectivity index (χ4n) is 3.60. The lowest BCUT2D eigenvalue weighted by atomic mass is 10.1. The van der Waals surface area contributed by atoms with E-state index in [9.17, 15) is 9.18 Å². The first-order valence-electron chi connectivity index (χ1n) is 9.48. The number of amides is 2. The van der Waals surface area contributed by atoms with E-state index in [1.54, 1.807) is 34.3 Å². The molecule has 3 aromatic rings. The van der Waals surface area contributed by atoms with Gasteiger partial charge in [-0.3, -0.25) is 10.00 Å². The van der Waals surface area contributed by atoms with E-state index in [-0.39, 0.29) is 12.1 Å². The van der Waals surface area contributed by atoms with E-state index in [0.717, 1.165) is 11.1 Å². The van der Waals surface area contributed by atoms with Crippen molar-refractivity contribution in [2.75, 3.05) is 32.2 Å². The maximum absolute atomic E-state index is 13.9. The van der Waals surface area contributed by atoms with Gasteiger partial charge in [0.15, 0.2) is 0 Å². The van der Waals surface area contributed by atoms with Gasteiger partial charge in [0.05, 0.1) is 26.5 Å². The van der Waals surface area contributed by atoms with Gasteiger partial charge in [-0.2, -0.15) is 10.1 Å². The molecule has 1 saturated heterocycles. The van der Waals surface area contributed by atoms with Crippen molar-refractivity contribution in [3.05, 3.63) is 54.1 Å². The number of pyridine rings is 1. The number of aromatic nitrogens is 3. The first-order valence-corrected chi connectivity index (χ1v) is 9.48. The van der Waals surface area contributed by atoms with Crippen LogP contribution in [0.15, 0.2) is 42.7 Å². The topological polar surface area (TPSA) is 83.6 Å². The normalized spacial score (nSPS) is 14.9. The van der Waals surface area contributed by atoms with Crippen molar-refractivity contribution in [3.63, 3.8) is 0 Å². The molecule has 1 N–H and O–H groups in total. The van der Waals surface area contributed by atoms with Crippen molar-refractivity contribution in [2.24, 2.45) is 0 Å². The van der Waals surface area contributed by atoms with Crippen LogP contribution >= 0.6 is 0 Å². The zero-order valence-corrected chi connectivity index (χ0v) is 16.9. The number of halogens is 1. The van der Waals surface area contributed by atoms with Crippen molar-refractivity contribution < 1.29 is 18.7 Å². The number of H-pyrrole nitrogens is 1. The smallest absolute Gasteiger partial charge is 0.326 e. The Morgan fingerprint density at radius 2 is 2.00 bits per heavy atom. The number of hydrogen-bond donors (Lipinski definition) is 1. The summed E-state index contributed by atoms with van der Waals surface area (Å²) in [5.41, 5.74) is 2.29. The molecular weight excluding hydrogens is 389 g/mol. The third-order valence-corrected chi connectivity index (χ3v) is 5.25. The molecule has 1 aliphatic rings. The molecule has 2 aromatic heterocycles. The number of anilines is 1. The van der Waals surface area contributed by atoms with Crippen molar-refractivity contribution in [1.29, 1.82) is 0 Å². The Hall–Kier alpha value is -3.62. The number of carbonyl (C=O) groups excluding carboxylic acids is 1. The van der Waals surface area contributed by atoms with Gasteiger partial charge >= 0.3 is 6.03 Å². The van der Waals surface area contributed by atoms with Crippen molar-refractivity contribution >= 4 is 11.8 Å². The number of nitrogens with one attached hydrogen (secondary N) is 1. The SMILES string of the molecule is COc1cc(F)cc(C(C)N2CCN(c3ccc(-c4cn[nH]c4)c(OC)n3)C2=O)c1. The number of ether oxygens (including phenoxy) is 2. The number of urea groups is 1. The van der Waals surface area contributed by atoms with Gasteiger partial charge in [0, 0.05) is 36.5 Å². The van der Waals surface area contributed by atoms with Crippen LogP contribution in [0, 0.1) is 5.82 Å². The van der Waals surface area contributed by atoms with Gasteiger partial charge in [-0.1, -0.05) is 0 Å². The first kappa shape index (κ1) is 19.7. The van der Waals surface area contributed by atoms with E-state index in [2.05, 4.69) is 15.2 Å². The fourth-order valence-corrected chi connectivity index (χ4v) is 3.60. The lowest BCUT2D eigenvalue weighted by molar-refractivity contribution is 0.205. The van der Waals surface area contributed by atoms with Crippen LogP contribution in [0.3, 0.4) is 0 Å². The third kappa shape index (κ3) is 3.54. The summed E-state index contributed by atoms with van der Waals surface area (Å²) in [6, 6.07) is 7.58. The monoisotopic (exact) mass is 411 g/mol. The summed E-state index contributed by atoms with van der Waals surface area (Å²) in [6.07, 6.45) is 3.42. The second kappa shape index (κ2) is 8.02. The summed E-state index contributed by atoms with van der Waals surface area (Å²) in [4.78, 5) is 20.9. The van der Waals surface area contributed by atoms with Crippen LogP contribution in [0.4, 0.5) is 15.0 Å². The van der Waals surface area contributed by atoms with Gasteiger partial charge in [-0.05, 0) is 36.8 Å². The highest BCUT2D eigenvalue weighted by atomic mass is 19.1. The van der Waals surface area contributed by atoms with Crippen molar-refractivity contribution in [2.45, 2.75) is 13.0 Å². The number of benzene rings is 1. The summed E-state index contributed by atoms with van der Waals surface area (Å²) >= 11 is 0. The fraction of sp³-hybridized carbons (Fsp3) is 0.286. The van der Waals surface area contributed by atoms with E-state index < -0.39 is 5.82 Å². The number of hydrogen-bond acceptors (Lipinski definition) is 5. The molecule has 3 heterocycles. The standard InChI is InChI=1S/C21H22FN5O3/c1-13(14-8-16(22)10-17(9-14)29-2)26-6-7-27(21(26)28)19-5-4-18(20(25-19)30-3)15-11-23-24-12-15/h4-5,8-13H,6-7H2,1-3H3,(H,23,24). The van der Waals surface area contributed by atoms with Crippen molar-refractivity contribution in [3.8, 4) is 22.8 Å². The van der Waals surface area contributed by atoms with Gasteiger partial charge in [0.25, 0.3) is 0 Å². The summed E-state index contributed by atoms with van der Waals surface area (Å²) in [7, 11) is 3.02. The minimum absolute atomic E-state index is 0.198. The number of carbonyl (C=O) groups is 1. The molecule has 1 aliphatic heterocycles. The molecule has 8 nitrogen and oxygen atoms in total. The Balaban J connectivity index is 1.58. The molecule has 1 aromatic carbocycles. The van der Waals surface area contributed by atoms with Crippen LogP contribution in [-0.2, 0) is 0 Å². The highest BCUT2D eigenvalue weighted by molar-refractivity contribution is 5.93. The quantitative estimate of drug-likeness (QED) is 0.670. The Morgan fingerprint density at radius 3 is 2.70 bits per heavy atom. The Labute approximate surface area is 173 Å². The predicted molar refractivity (Wildman–Crippen MR) is 109 cm³/mol. The molecule has 0 bridgehead atoms. The number of rotatable bonds is 6. The van der Waals surface area contributed by atoms with Crippen LogP contribution in [0.2, 0.25) is 0 Å². The highest BCUT2D eigenvalue weighted by Gasteiger charge is 2.34. The summed E-state index contributed by atoms with van der Waals surface area (Å²) in [6.45, 7) is 2.83. The van der Waals surface area contributed by atoms with Crippen LogP contribution in [0.1, 0.15) is 18.5 Å². The number of methoxy groups -OCH3 is 2. The zero-order chi connectivity index (χ0) is 21.3. The van der Waals surface area contributed by atoms with Crippen LogP contribution in [-0.4, -0.2) is 53.4 Å². The minimum Gasteiger partial charge on any atom is -0.497 e. The van der Waals surface area contributed by atoms with Gasteiger partial charge in [0.1, 0.15) is 17.4 Å². The molecule has 0 aliphatic carbocycles. The molecule has 0 spiro atoms. The summed E-state index contributed by atoms with van der Waals surface area (Å²) < 4.78 is 24.5. The molecule has 0 radical (unpaired) electrons. The molecule has 1 fully saturated rings. The highest BCUT2D eigenvalue weighted by Crippen LogP contribution is 2.33. The van der Waals surface area contributed by atoms with E-state index in [0.29, 0.717) is 36.1 Å². The Bertz CT molecular complexity index is 1060. The average Bonchev–Trinajstić information content (AvgIpc) is 3.42. The number of nitrogens with zero attached hydrogens (tertiary/aromatic N) is 4. The molecule has 1 unspecified atom stereocenters. The third-order valence-electron chi connectivity index (χ3n) is 5.25. The molecule has 4 rings (SSSR count). The van der Waals surface area contributed by atoms with E-state index in [1.165, 1.54) is 26.4 Å². The van der Waals surface area contributed by atoms with Gasteiger partial charge < -0.3 is 14.4 Å². The molecule has 156 valence electrons. The van der Waals surface area contributed by atoms with E-state index >= 15 is 0 Å². The average molecular weight is 411 g/mol. The minimum atomic E-state index is -0.402. The maximum atomic E-state index is 13.9. The van der Waals surface area contributed by atoms with Crippen LogP contribution < -0.4 is 14.4 Å². The Kier molecular flexibility index (Phi) is 5.26. The lowest BCUT2D eigenvalue weighted by Gasteiger charge is -2.25. The zero-order valence-electron chi connectivity index (χ0n) is 16.9. The first-order chi connectivity index (χ1) is 14.5. The van der Waals surface area contributed by atoms with Gasteiger partial charge in [0.2, 0.25) is 5.88 Å². The summed E-state index contributed by atoms with van der Waals surface area (Å²) in [5, 5.41) is 6.71. The lowest BCUT2D eigenvalue weighted by Crippen LogP contribution is -2.34. The summed E-state index contributed by atoms with van der Waals surface area (Å²) in [5.74, 6) is 0.918. The van der Waals surface area contributed by atoms with Gasteiger partial charge in [-0.25, -0.2) is 9.18 Å². The largest absolute Gasteiger partial charge is 0.497 e. The van der Waals surface area contributed by atoms with Crippen LogP contribution in [0.25, 0.3) is 11.1 Å². The molecule has 2 amide bonds. The number of aromatic amines is 1. The second-order valence-corrected chi connectivity index (χ2v) is 6.94. The van der Waals surface area contributed by atoms with E-state index in [1.807, 2.05) is 13.0 Å². The Morgan fingerprint density at radius 1 is 1.17 bits per heavy atom.